The minimum Gasteiger partial charge on any atom is -0.494 e. The summed E-state index contributed by atoms with van der Waals surface area (Å²) in [7, 11) is 0. The second-order valence-electron chi connectivity index (χ2n) is 9.63. The first kappa shape index (κ1) is 29.2. The fourth-order valence-electron chi connectivity index (χ4n) is 4.67. The summed E-state index contributed by atoms with van der Waals surface area (Å²) in [6.07, 6.45) is 4.23. The van der Waals surface area contributed by atoms with E-state index in [0.29, 0.717) is 41.2 Å². The summed E-state index contributed by atoms with van der Waals surface area (Å²) in [5, 5.41) is 14.0. The molecule has 0 aliphatic carbocycles. The van der Waals surface area contributed by atoms with Crippen LogP contribution in [0, 0.1) is 0 Å². The van der Waals surface area contributed by atoms with E-state index in [1.54, 1.807) is 4.90 Å². The number of tetrazole rings is 1. The smallest absolute Gasteiger partial charge is 0.266 e. The summed E-state index contributed by atoms with van der Waals surface area (Å²) < 4.78 is 17.9. The predicted octanol–water partition coefficient (Wildman–Crippen LogP) is 4.20. The number of thioether (sulfide) groups is 1. The van der Waals surface area contributed by atoms with Crippen molar-refractivity contribution in [3.8, 4) is 22.6 Å². The van der Waals surface area contributed by atoms with Gasteiger partial charge in [0.2, 0.25) is 0 Å². The van der Waals surface area contributed by atoms with Crippen LogP contribution < -0.4 is 9.47 Å². The van der Waals surface area contributed by atoms with Crippen LogP contribution in [0.5, 0.6) is 11.5 Å². The zero-order valence-corrected chi connectivity index (χ0v) is 24.7. The lowest BCUT2D eigenvalue weighted by Gasteiger charge is -2.26. The number of hydrogen-bond donors (Lipinski definition) is 1. The van der Waals surface area contributed by atoms with Crippen molar-refractivity contribution in [3.05, 3.63) is 58.8 Å². The van der Waals surface area contributed by atoms with Crippen molar-refractivity contribution in [2.24, 2.45) is 0 Å². The van der Waals surface area contributed by atoms with Gasteiger partial charge in [0.25, 0.3) is 5.91 Å². The van der Waals surface area contributed by atoms with E-state index in [1.165, 1.54) is 11.8 Å². The molecule has 0 saturated carbocycles. The van der Waals surface area contributed by atoms with Crippen LogP contribution in [0.3, 0.4) is 0 Å². The van der Waals surface area contributed by atoms with Crippen molar-refractivity contribution in [3.63, 3.8) is 0 Å². The molecular weight excluding hydrogens is 560 g/mol. The Morgan fingerprint density at radius 2 is 1.88 bits per heavy atom. The number of carbonyl (C=O) groups is 1. The molecule has 2 aromatic carbocycles. The van der Waals surface area contributed by atoms with Gasteiger partial charge < -0.3 is 14.2 Å². The number of carbonyl (C=O) groups excluding carboxylic acids is 1. The Labute approximate surface area is 249 Å². The van der Waals surface area contributed by atoms with Gasteiger partial charge in [0.05, 0.1) is 24.7 Å². The molecule has 0 bridgehead atoms. The SMILES string of the molecule is CCOc1ccc(-c2ccc(OCCN3CCOCC3)c(/C=C3\SC(=S)N(CCCCc4nn[nH]n4)C3=O)c2)cc1. The molecule has 0 atom stereocenters. The Balaban J connectivity index is 1.31. The first-order chi connectivity index (χ1) is 20.1. The number of aryl methyl sites for hydroxylation is 1. The first-order valence-electron chi connectivity index (χ1n) is 13.9. The van der Waals surface area contributed by atoms with Crippen LogP contribution in [0.4, 0.5) is 0 Å². The third kappa shape index (κ3) is 7.91. The fourth-order valence-corrected chi connectivity index (χ4v) is 5.97. The molecule has 12 heteroatoms. The van der Waals surface area contributed by atoms with Gasteiger partial charge in [-0.1, -0.05) is 47.4 Å². The average Bonchev–Trinajstić information content (AvgIpc) is 3.60. The van der Waals surface area contributed by atoms with E-state index in [-0.39, 0.29) is 5.91 Å². The minimum absolute atomic E-state index is 0.0784. The first-order valence-corrected chi connectivity index (χ1v) is 15.1. The van der Waals surface area contributed by atoms with Crippen LogP contribution in [-0.4, -0.2) is 93.3 Å². The Bertz CT molecular complexity index is 1340. The molecule has 2 aliphatic rings. The molecule has 5 rings (SSSR count). The molecule has 2 fully saturated rings. The molecule has 3 aromatic rings. The summed E-state index contributed by atoms with van der Waals surface area (Å²) in [5.74, 6) is 2.16. The summed E-state index contributed by atoms with van der Waals surface area (Å²) in [6.45, 7) is 7.82. The van der Waals surface area contributed by atoms with E-state index in [4.69, 9.17) is 26.4 Å². The molecule has 2 aliphatic heterocycles. The molecule has 1 N–H and O–H groups in total. The zero-order chi connectivity index (χ0) is 28.4. The van der Waals surface area contributed by atoms with Crippen molar-refractivity contribution in [1.29, 1.82) is 0 Å². The number of ether oxygens (including phenoxy) is 3. The maximum absolute atomic E-state index is 13.4. The van der Waals surface area contributed by atoms with Crippen molar-refractivity contribution in [2.75, 3.05) is 52.6 Å². The van der Waals surface area contributed by atoms with Gasteiger partial charge in [-0.25, -0.2) is 0 Å². The monoisotopic (exact) mass is 594 g/mol. The van der Waals surface area contributed by atoms with Crippen molar-refractivity contribution < 1.29 is 19.0 Å². The van der Waals surface area contributed by atoms with Crippen LogP contribution in [-0.2, 0) is 16.0 Å². The Kier molecular flexibility index (Phi) is 10.3. The molecule has 0 radical (unpaired) electrons. The molecule has 41 heavy (non-hydrogen) atoms. The van der Waals surface area contributed by atoms with Gasteiger partial charge in [-0.2, -0.15) is 5.21 Å². The van der Waals surface area contributed by atoms with Crippen LogP contribution in [0.25, 0.3) is 17.2 Å². The highest BCUT2D eigenvalue weighted by Gasteiger charge is 2.31. The zero-order valence-electron chi connectivity index (χ0n) is 23.1. The quantitative estimate of drug-likeness (QED) is 0.176. The number of rotatable bonds is 13. The number of nitrogens with one attached hydrogen (secondary N) is 1. The normalized spacial score (nSPS) is 17.0. The lowest BCUT2D eigenvalue weighted by Crippen LogP contribution is -2.38. The maximum Gasteiger partial charge on any atom is 0.266 e. The molecule has 1 amide bonds. The van der Waals surface area contributed by atoms with E-state index in [1.807, 2.05) is 49.4 Å². The van der Waals surface area contributed by atoms with Crippen molar-refractivity contribution >= 4 is 40.3 Å². The van der Waals surface area contributed by atoms with E-state index in [2.05, 4.69) is 31.6 Å². The van der Waals surface area contributed by atoms with Crippen LogP contribution in [0.1, 0.15) is 31.2 Å². The number of aromatic nitrogens is 4. The molecule has 1 aromatic heterocycles. The molecule has 2 saturated heterocycles. The van der Waals surface area contributed by atoms with E-state index in [0.717, 1.165) is 73.9 Å². The Hall–Kier alpha value is -3.32. The third-order valence-corrected chi connectivity index (χ3v) is 8.24. The molecule has 0 spiro atoms. The number of unbranched alkanes of at least 4 members (excludes halogenated alkanes) is 1. The number of hydrogen-bond acceptors (Lipinski definition) is 10. The highest BCUT2D eigenvalue weighted by molar-refractivity contribution is 8.26. The number of aromatic amines is 1. The van der Waals surface area contributed by atoms with E-state index >= 15 is 0 Å². The van der Waals surface area contributed by atoms with Gasteiger partial charge >= 0.3 is 0 Å². The summed E-state index contributed by atoms with van der Waals surface area (Å²) in [4.78, 5) is 18.0. The van der Waals surface area contributed by atoms with Gasteiger partial charge in [0, 0.05) is 38.2 Å². The third-order valence-electron chi connectivity index (χ3n) is 6.86. The molecule has 3 heterocycles. The van der Waals surface area contributed by atoms with Crippen LogP contribution in [0.15, 0.2) is 47.4 Å². The van der Waals surface area contributed by atoms with Gasteiger partial charge in [-0.05, 0) is 61.2 Å². The van der Waals surface area contributed by atoms with Crippen LogP contribution >= 0.6 is 24.0 Å². The predicted molar refractivity (Wildman–Crippen MR) is 163 cm³/mol. The molecule has 0 unspecified atom stereocenters. The number of amides is 1. The Morgan fingerprint density at radius 3 is 2.63 bits per heavy atom. The minimum atomic E-state index is -0.0784. The van der Waals surface area contributed by atoms with Crippen molar-refractivity contribution in [1.82, 2.24) is 30.4 Å². The lowest BCUT2D eigenvalue weighted by molar-refractivity contribution is -0.122. The largest absolute Gasteiger partial charge is 0.494 e. The number of nitrogens with zero attached hydrogens (tertiary/aromatic N) is 5. The summed E-state index contributed by atoms with van der Waals surface area (Å²) in [5.41, 5.74) is 2.92. The van der Waals surface area contributed by atoms with Gasteiger partial charge in [0.1, 0.15) is 22.4 Å². The summed E-state index contributed by atoms with van der Waals surface area (Å²) in [6, 6.07) is 14.1. The summed E-state index contributed by atoms with van der Waals surface area (Å²) >= 11 is 6.91. The highest BCUT2D eigenvalue weighted by Crippen LogP contribution is 2.36. The topological polar surface area (TPSA) is 106 Å². The average molecular weight is 595 g/mol. The second kappa shape index (κ2) is 14.5. The molecular formula is C29H34N6O4S2. The number of morpholine rings is 1. The lowest BCUT2D eigenvalue weighted by atomic mass is 10.0. The van der Waals surface area contributed by atoms with Crippen LogP contribution in [0.2, 0.25) is 0 Å². The Morgan fingerprint density at radius 1 is 1.07 bits per heavy atom. The van der Waals surface area contributed by atoms with E-state index in [9.17, 15) is 4.79 Å². The maximum atomic E-state index is 13.4. The molecule has 10 nitrogen and oxygen atoms in total. The van der Waals surface area contributed by atoms with Crippen molar-refractivity contribution in [2.45, 2.75) is 26.2 Å². The van der Waals surface area contributed by atoms with Gasteiger partial charge in [-0.3, -0.25) is 14.6 Å². The number of benzene rings is 2. The fraction of sp³-hybridized carbons (Fsp3) is 0.414. The highest BCUT2D eigenvalue weighted by atomic mass is 32.2. The second-order valence-corrected chi connectivity index (χ2v) is 11.3. The van der Waals surface area contributed by atoms with Gasteiger partial charge in [0.15, 0.2) is 5.82 Å². The number of H-pyrrole nitrogens is 1. The standard InChI is InChI=1S/C29H34N6O4S2/c1-2-38-24-9-6-21(7-10-24)22-8-11-25(39-18-15-34-13-16-37-17-14-34)23(19-22)20-26-28(36)35(29(40)41-26)12-4-3-5-27-30-32-33-31-27/h6-11,19-20H,2-5,12-18H2,1H3,(H,30,31,32,33)/b26-20-. The number of thiocarbonyl (C=S) groups is 1. The molecule has 216 valence electrons. The van der Waals surface area contributed by atoms with E-state index < -0.39 is 0 Å². The van der Waals surface area contributed by atoms with Gasteiger partial charge in [-0.15, -0.1) is 10.2 Å².